The Hall–Kier alpha value is -1.83. The Balaban J connectivity index is 1.75. The maximum absolute atomic E-state index is 14.1. The van der Waals surface area contributed by atoms with Gasteiger partial charge in [0.25, 0.3) is 0 Å². The van der Waals surface area contributed by atoms with Gasteiger partial charge in [0.1, 0.15) is 0 Å². The number of anilines is 1. The van der Waals surface area contributed by atoms with Crippen LogP contribution in [0.15, 0.2) is 24.4 Å². The van der Waals surface area contributed by atoms with Gasteiger partial charge in [0, 0.05) is 24.4 Å². The van der Waals surface area contributed by atoms with Crippen molar-refractivity contribution in [3.63, 3.8) is 0 Å². The number of rotatable bonds is 4. The number of nitrogens with one attached hydrogen (secondary N) is 1. The summed E-state index contributed by atoms with van der Waals surface area (Å²) in [5.74, 6) is -1.24. The first-order chi connectivity index (χ1) is 11.8. The molecule has 3 heterocycles. The van der Waals surface area contributed by atoms with Crippen molar-refractivity contribution < 1.29 is 18.3 Å². The number of halogens is 3. The zero-order valence-electron chi connectivity index (χ0n) is 13.9. The van der Waals surface area contributed by atoms with Crippen molar-refractivity contribution in [3.05, 3.63) is 41.2 Å². The summed E-state index contributed by atoms with van der Waals surface area (Å²) >= 11 is 6.05. The number of hydrogen-bond donors (Lipinski definition) is 1. The summed E-state index contributed by atoms with van der Waals surface area (Å²) in [7, 11) is 0. The van der Waals surface area contributed by atoms with Gasteiger partial charge in [-0.25, -0.2) is 14.4 Å². The zero-order chi connectivity index (χ0) is 18.0. The lowest BCUT2D eigenvalue weighted by Crippen LogP contribution is -2.44. The smallest absolute Gasteiger partial charge is 0.213 e. The standard InChI is InChI=1S/C17H18ClF2N3O2/c1-17(2)9-24-11(8-25-17)7-22-16-13(19)6-12(18)15(23-16)10-3-4-21-14(20)5-10/h3-6,11H,7-9H2,1-2H3,(H,22,23). The summed E-state index contributed by atoms with van der Waals surface area (Å²) in [6.07, 6.45) is 1.08. The molecule has 3 rings (SSSR count). The van der Waals surface area contributed by atoms with Gasteiger partial charge < -0.3 is 14.8 Å². The Kier molecular flexibility index (Phi) is 5.17. The minimum Gasteiger partial charge on any atom is -0.371 e. The Bertz CT molecular complexity index is 764. The normalized spacial score (nSPS) is 19.6. The predicted molar refractivity (Wildman–Crippen MR) is 90.7 cm³/mol. The highest BCUT2D eigenvalue weighted by Gasteiger charge is 2.28. The molecule has 1 saturated heterocycles. The average molecular weight is 370 g/mol. The number of hydrogen-bond acceptors (Lipinski definition) is 5. The fourth-order valence-electron chi connectivity index (χ4n) is 2.40. The first-order valence-electron chi connectivity index (χ1n) is 7.81. The topological polar surface area (TPSA) is 56.3 Å². The predicted octanol–water partition coefficient (Wildman–Crippen LogP) is 3.68. The van der Waals surface area contributed by atoms with Crippen molar-refractivity contribution >= 4 is 17.4 Å². The second-order valence-corrected chi connectivity index (χ2v) is 6.81. The largest absolute Gasteiger partial charge is 0.371 e. The zero-order valence-corrected chi connectivity index (χ0v) is 14.6. The lowest BCUT2D eigenvalue weighted by Gasteiger charge is -2.35. The molecule has 0 aromatic carbocycles. The molecule has 1 fully saturated rings. The maximum atomic E-state index is 14.1. The van der Waals surface area contributed by atoms with Crippen LogP contribution in [-0.2, 0) is 9.47 Å². The molecule has 0 bridgehead atoms. The molecule has 0 saturated carbocycles. The number of pyridine rings is 2. The molecule has 0 aliphatic carbocycles. The van der Waals surface area contributed by atoms with Crippen LogP contribution in [0.25, 0.3) is 11.3 Å². The molecule has 1 N–H and O–H groups in total. The van der Waals surface area contributed by atoms with E-state index in [2.05, 4.69) is 15.3 Å². The second kappa shape index (κ2) is 7.19. The fourth-order valence-corrected chi connectivity index (χ4v) is 2.65. The van der Waals surface area contributed by atoms with E-state index in [4.69, 9.17) is 21.1 Å². The lowest BCUT2D eigenvalue weighted by atomic mass is 10.1. The van der Waals surface area contributed by atoms with Crippen LogP contribution in [0.4, 0.5) is 14.6 Å². The van der Waals surface area contributed by atoms with Gasteiger partial charge in [0.2, 0.25) is 5.95 Å². The number of ether oxygens (including phenoxy) is 2. The highest BCUT2D eigenvalue weighted by Crippen LogP contribution is 2.29. The average Bonchev–Trinajstić information content (AvgIpc) is 2.55. The monoisotopic (exact) mass is 369 g/mol. The molecular weight excluding hydrogens is 352 g/mol. The molecule has 0 amide bonds. The number of nitrogens with zero attached hydrogens (tertiary/aromatic N) is 2. The van der Waals surface area contributed by atoms with Crippen LogP contribution in [0.3, 0.4) is 0 Å². The molecule has 8 heteroatoms. The van der Waals surface area contributed by atoms with E-state index in [1.165, 1.54) is 12.3 Å². The molecule has 0 radical (unpaired) electrons. The Labute approximate surface area is 149 Å². The molecule has 2 aromatic rings. The lowest BCUT2D eigenvalue weighted by molar-refractivity contribution is -0.170. The summed E-state index contributed by atoms with van der Waals surface area (Å²) in [6.45, 7) is 5.06. The summed E-state index contributed by atoms with van der Waals surface area (Å²) in [4.78, 5) is 7.67. The second-order valence-electron chi connectivity index (χ2n) is 6.40. The van der Waals surface area contributed by atoms with Gasteiger partial charge in [-0.05, 0) is 26.0 Å². The van der Waals surface area contributed by atoms with E-state index in [0.717, 1.165) is 6.07 Å². The Morgan fingerprint density at radius 1 is 1.36 bits per heavy atom. The molecule has 1 aliphatic rings. The van der Waals surface area contributed by atoms with Crippen molar-refractivity contribution in [2.45, 2.75) is 25.6 Å². The molecule has 25 heavy (non-hydrogen) atoms. The SMILES string of the molecule is CC1(C)COC(CNc2nc(-c3ccnc(F)c3)c(Cl)cc2F)CO1. The van der Waals surface area contributed by atoms with Gasteiger partial charge in [-0.15, -0.1) is 0 Å². The van der Waals surface area contributed by atoms with Crippen molar-refractivity contribution in [1.29, 1.82) is 0 Å². The Morgan fingerprint density at radius 3 is 2.84 bits per heavy atom. The van der Waals surface area contributed by atoms with Crippen LogP contribution in [0, 0.1) is 11.8 Å². The highest BCUT2D eigenvalue weighted by molar-refractivity contribution is 6.33. The van der Waals surface area contributed by atoms with Crippen LogP contribution in [0.5, 0.6) is 0 Å². The van der Waals surface area contributed by atoms with E-state index in [1.54, 1.807) is 6.07 Å². The first-order valence-corrected chi connectivity index (χ1v) is 8.19. The van der Waals surface area contributed by atoms with Crippen molar-refractivity contribution in [2.75, 3.05) is 25.1 Å². The molecule has 5 nitrogen and oxygen atoms in total. The van der Waals surface area contributed by atoms with E-state index in [9.17, 15) is 8.78 Å². The molecule has 1 unspecified atom stereocenters. The quantitative estimate of drug-likeness (QED) is 0.833. The van der Waals surface area contributed by atoms with Crippen LogP contribution in [0.1, 0.15) is 13.8 Å². The summed E-state index contributed by atoms with van der Waals surface area (Å²) < 4.78 is 38.8. The minimum atomic E-state index is -0.662. The van der Waals surface area contributed by atoms with Gasteiger partial charge in [0.15, 0.2) is 11.6 Å². The minimum absolute atomic E-state index is 0.0186. The molecule has 2 aromatic heterocycles. The van der Waals surface area contributed by atoms with E-state index in [-0.39, 0.29) is 28.2 Å². The van der Waals surface area contributed by atoms with Gasteiger partial charge in [-0.1, -0.05) is 11.6 Å². The third-order valence-electron chi connectivity index (χ3n) is 3.75. The van der Waals surface area contributed by atoms with Crippen LogP contribution >= 0.6 is 11.6 Å². The van der Waals surface area contributed by atoms with Crippen molar-refractivity contribution in [1.82, 2.24) is 9.97 Å². The number of aromatic nitrogens is 2. The highest BCUT2D eigenvalue weighted by atomic mass is 35.5. The summed E-state index contributed by atoms with van der Waals surface area (Å²) in [5, 5.41) is 2.99. The molecule has 1 atom stereocenters. The fraction of sp³-hybridized carbons (Fsp3) is 0.412. The van der Waals surface area contributed by atoms with Crippen LogP contribution < -0.4 is 5.32 Å². The third-order valence-corrected chi connectivity index (χ3v) is 4.04. The first kappa shape index (κ1) is 18.0. The van der Waals surface area contributed by atoms with E-state index in [0.29, 0.717) is 25.3 Å². The van der Waals surface area contributed by atoms with Crippen molar-refractivity contribution in [2.24, 2.45) is 0 Å². The van der Waals surface area contributed by atoms with E-state index < -0.39 is 11.8 Å². The van der Waals surface area contributed by atoms with Gasteiger partial charge >= 0.3 is 0 Å². The maximum Gasteiger partial charge on any atom is 0.213 e. The van der Waals surface area contributed by atoms with Gasteiger partial charge in [-0.3, -0.25) is 0 Å². The summed E-state index contributed by atoms with van der Waals surface area (Å²) in [5.41, 5.74) is 0.368. The van der Waals surface area contributed by atoms with E-state index in [1.807, 2.05) is 13.8 Å². The van der Waals surface area contributed by atoms with Crippen LogP contribution in [-0.4, -0.2) is 41.4 Å². The molecule has 1 aliphatic heterocycles. The third kappa shape index (κ3) is 4.42. The van der Waals surface area contributed by atoms with Gasteiger partial charge in [-0.2, -0.15) is 4.39 Å². The van der Waals surface area contributed by atoms with Crippen LogP contribution in [0.2, 0.25) is 5.02 Å². The molecule has 134 valence electrons. The summed E-state index contributed by atoms with van der Waals surface area (Å²) in [6, 6.07) is 3.89. The molecular formula is C17H18ClF2N3O2. The van der Waals surface area contributed by atoms with E-state index >= 15 is 0 Å². The Morgan fingerprint density at radius 2 is 2.16 bits per heavy atom. The van der Waals surface area contributed by atoms with Gasteiger partial charge in [0.05, 0.1) is 35.6 Å². The van der Waals surface area contributed by atoms with Crippen molar-refractivity contribution in [3.8, 4) is 11.3 Å². The molecule has 0 spiro atoms.